The van der Waals surface area contributed by atoms with E-state index in [4.69, 9.17) is 11.0 Å². The molecule has 1 aliphatic heterocycles. The number of nitriles is 1. The van der Waals surface area contributed by atoms with Crippen LogP contribution < -0.4 is 11.1 Å². The minimum Gasteiger partial charge on any atom is -0.326 e. The molecule has 0 aromatic heterocycles. The van der Waals surface area contributed by atoms with Crippen LogP contribution in [0.15, 0.2) is 24.3 Å². The van der Waals surface area contributed by atoms with Gasteiger partial charge < -0.3 is 11.1 Å². The Morgan fingerprint density at radius 3 is 2.81 bits per heavy atom. The van der Waals surface area contributed by atoms with E-state index in [-0.39, 0.29) is 11.4 Å². The molecule has 3 N–H and O–H groups in total. The first-order chi connectivity index (χ1) is 10.0. The molecule has 0 atom stereocenters. The van der Waals surface area contributed by atoms with Crippen molar-refractivity contribution < 1.29 is 4.79 Å². The summed E-state index contributed by atoms with van der Waals surface area (Å²) in [6, 6.07) is 10.1. The molecule has 1 aromatic rings. The Balaban J connectivity index is 1.92. The SMILES string of the molecule is CC(=O)Nc1cccc(CN2CCC(N)(CC#N)CC2)c1. The number of amides is 1. The van der Waals surface area contributed by atoms with Gasteiger partial charge in [-0.25, -0.2) is 0 Å². The molecule has 1 aromatic carbocycles. The standard InChI is InChI=1S/C16H22N4O/c1-13(21)19-15-4-2-3-14(11-15)12-20-9-6-16(18,5-8-17)7-10-20/h2-4,11H,5-7,9-10,12,18H2,1H3,(H,19,21). The molecule has 0 bridgehead atoms. The zero-order valence-corrected chi connectivity index (χ0v) is 12.4. The predicted octanol–water partition coefficient (Wildman–Crippen LogP) is 1.85. The monoisotopic (exact) mass is 286 g/mol. The third-order valence-corrected chi connectivity index (χ3v) is 3.94. The Morgan fingerprint density at radius 2 is 2.19 bits per heavy atom. The minimum atomic E-state index is -0.316. The topological polar surface area (TPSA) is 82.2 Å². The van der Waals surface area contributed by atoms with Crippen LogP contribution in [0, 0.1) is 11.3 Å². The fourth-order valence-corrected chi connectivity index (χ4v) is 2.70. The lowest BCUT2D eigenvalue weighted by Gasteiger charge is -2.37. The molecule has 2 rings (SSSR count). The molecule has 1 fully saturated rings. The molecule has 0 radical (unpaired) electrons. The maximum absolute atomic E-state index is 11.1. The summed E-state index contributed by atoms with van der Waals surface area (Å²) in [7, 11) is 0. The van der Waals surface area contributed by atoms with Crippen LogP contribution in [0.5, 0.6) is 0 Å². The Morgan fingerprint density at radius 1 is 1.48 bits per heavy atom. The molecule has 5 heteroatoms. The normalized spacial score (nSPS) is 18.0. The smallest absolute Gasteiger partial charge is 0.221 e. The number of nitrogens with two attached hydrogens (primary N) is 1. The summed E-state index contributed by atoms with van der Waals surface area (Å²) in [5.74, 6) is -0.0606. The highest BCUT2D eigenvalue weighted by Gasteiger charge is 2.30. The summed E-state index contributed by atoms with van der Waals surface area (Å²) >= 11 is 0. The Kier molecular flexibility index (Phi) is 4.94. The Bertz CT molecular complexity index is 541. The van der Waals surface area contributed by atoms with Crippen molar-refractivity contribution in [2.45, 2.75) is 38.3 Å². The van der Waals surface area contributed by atoms with E-state index in [0.717, 1.165) is 38.2 Å². The predicted molar refractivity (Wildman–Crippen MR) is 82.4 cm³/mol. The highest BCUT2D eigenvalue weighted by molar-refractivity contribution is 5.88. The number of anilines is 1. The largest absolute Gasteiger partial charge is 0.326 e. The van der Waals surface area contributed by atoms with Crippen LogP contribution in [0.25, 0.3) is 0 Å². The summed E-state index contributed by atoms with van der Waals surface area (Å²) < 4.78 is 0. The molecule has 5 nitrogen and oxygen atoms in total. The van der Waals surface area contributed by atoms with E-state index in [0.29, 0.717) is 6.42 Å². The van der Waals surface area contributed by atoms with Gasteiger partial charge in [0.25, 0.3) is 0 Å². The molecule has 1 saturated heterocycles. The molecule has 1 aliphatic rings. The summed E-state index contributed by atoms with van der Waals surface area (Å²) in [6.07, 6.45) is 2.14. The van der Waals surface area contributed by atoms with Gasteiger partial charge in [0, 0.05) is 37.8 Å². The summed E-state index contributed by atoms with van der Waals surface area (Å²) in [5, 5.41) is 11.6. The fraction of sp³-hybridized carbons (Fsp3) is 0.500. The number of carbonyl (C=O) groups excluding carboxylic acids is 1. The molecule has 1 heterocycles. The van der Waals surface area contributed by atoms with E-state index in [9.17, 15) is 4.79 Å². The number of rotatable bonds is 4. The molecule has 0 unspecified atom stereocenters. The first kappa shape index (κ1) is 15.5. The van der Waals surface area contributed by atoms with E-state index >= 15 is 0 Å². The lowest BCUT2D eigenvalue weighted by molar-refractivity contribution is -0.114. The number of piperidine rings is 1. The number of benzene rings is 1. The molecular formula is C16H22N4O. The number of hydrogen-bond donors (Lipinski definition) is 2. The third-order valence-electron chi connectivity index (χ3n) is 3.94. The van der Waals surface area contributed by atoms with Crippen molar-refractivity contribution in [2.75, 3.05) is 18.4 Å². The van der Waals surface area contributed by atoms with Gasteiger partial charge in [0.15, 0.2) is 0 Å². The van der Waals surface area contributed by atoms with Gasteiger partial charge in [0.1, 0.15) is 0 Å². The average molecular weight is 286 g/mol. The lowest BCUT2D eigenvalue weighted by atomic mass is 9.86. The summed E-state index contributed by atoms with van der Waals surface area (Å²) in [5.41, 5.74) is 7.89. The molecule has 112 valence electrons. The van der Waals surface area contributed by atoms with Crippen LogP contribution in [0.3, 0.4) is 0 Å². The number of carbonyl (C=O) groups is 1. The van der Waals surface area contributed by atoms with Crippen molar-refractivity contribution >= 4 is 11.6 Å². The van der Waals surface area contributed by atoms with Gasteiger partial charge in [-0.2, -0.15) is 5.26 Å². The summed E-state index contributed by atoms with van der Waals surface area (Å²) in [6.45, 7) is 4.16. The molecule has 0 saturated carbocycles. The van der Waals surface area contributed by atoms with Gasteiger partial charge in [0.05, 0.1) is 12.5 Å². The number of nitrogens with one attached hydrogen (secondary N) is 1. The van der Waals surface area contributed by atoms with Crippen LogP contribution >= 0.6 is 0 Å². The lowest BCUT2D eigenvalue weighted by Crippen LogP contribution is -2.49. The Hall–Kier alpha value is -1.90. The zero-order chi connectivity index (χ0) is 15.3. The molecule has 1 amide bonds. The molecule has 0 aliphatic carbocycles. The van der Waals surface area contributed by atoms with Gasteiger partial charge >= 0.3 is 0 Å². The van der Waals surface area contributed by atoms with E-state index < -0.39 is 0 Å². The van der Waals surface area contributed by atoms with Crippen molar-refractivity contribution in [1.29, 1.82) is 5.26 Å². The van der Waals surface area contributed by atoms with Crippen LogP contribution in [-0.2, 0) is 11.3 Å². The second-order valence-electron chi connectivity index (χ2n) is 5.85. The second-order valence-corrected chi connectivity index (χ2v) is 5.85. The highest BCUT2D eigenvalue weighted by atomic mass is 16.1. The van der Waals surface area contributed by atoms with E-state index in [2.05, 4.69) is 22.4 Å². The van der Waals surface area contributed by atoms with Crippen LogP contribution in [0.2, 0.25) is 0 Å². The number of hydrogen-bond acceptors (Lipinski definition) is 4. The molecular weight excluding hydrogens is 264 g/mol. The number of likely N-dealkylation sites (tertiary alicyclic amines) is 1. The van der Waals surface area contributed by atoms with Gasteiger partial charge in [-0.05, 0) is 30.5 Å². The van der Waals surface area contributed by atoms with Gasteiger partial charge in [-0.15, -0.1) is 0 Å². The maximum Gasteiger partial charge on any atom is 0.221 e. The van der Waals surface area contributed by atoms with Crippen molar-refractivity contribution in [3.05, 3.63) is 29.8 Å². The van der Waals surface area contributed by atoms with E-state index in [1.165, 1.54) is 12.5 Å². The average Bonchev–Trinajstić information content (AvgIpc) is 2.42. The van der Waals surface area contributed by atoms with Crippen LogP contribution in [0.4, 0.5) is 5.69 Å². The molecule has 21 heavy (non-hydrogen) atoms. The van der Waals surface area contributed by atoms with Crippen LogP contribution in [0.1, 0.15) is 31.7 Å². The number of nitrogens with zero attached hydrogens (tertiary/aromatic N) is 2. The van der Waals surface area contributed by atoms with Crippen molar-refractivity contribution in [3.8, 4) is 6.07 Å². The maximum atomic E-state index is 11.1. The quantitative estimate of drug-likeness (QED) is 0.885. The second kappa shape index (κ2) is 6.70. The van der Waals surface area contributed by atoms with Gasteiger partial charge in [0.2, 0.25) is 5.91 Å². The Labute approximate surface area is 125 Å². The first-order valence-corrected chi connectivity index (χ1v) is 7.25. The van der Waals surface area contributed by atoms with Gasteiger partial charge in [-0.3, -0.25) is 9.69 Å². The highest BCUT2D eigenvalue weighted by Crippen LogP contribution is 2.24. The molecule has 0 spiro atoms. The van der Waals surface area contributed by atoms with Crippen LogP contribution in [-0.4, -0.2) is 29.4 Å². The fourth-order valence-electron chi connectivity index (χ4n) is 2.70. The zero-order valence-electron chi connectivity index (χ0n) is 12.4. The van der Waals surface area contributed by atoms with E-state index in [1.807, 2.05) is 18.2 Å². The van der Waals surface area contributed by atoms with Gasteiger partial charge in [-0.1, -0.05) is 12.1 Å². The summed E-state index contributed by atoms with van der Waals surface area (Å²) in [4.78, 5) is 13.4. The third kappa shape index (κ3) is 4.55. The minimum absolute atomic E-state index is 0.0606. The van der Waals surface area contributed by atoms with Crippen molar-refractivity contribution in [1.82, 2.24) is 4.90 Å². The van der Waals surface area contributed by atoms with Crippen molar-refractivity contribution in [2.24, 2.45) is 5.73 Å². The first-order valence-electron chi connectivity index (χ1n) is 7.25. The van der Waals surface area contributed by atoms with E-state index in [1.54, 1.807) is 0 Å². The van der Waals surface area contributed by atoms with Crippen molar-refractivity contribution in [3.63, 3.8) is 0 Å².